The van der Waals surface area contributed by atoms with Gasteiger partial charge in [0, 0.05) is 5.02 Å². The third-order valence-electron chi connectivity index (χ3n) is 4.02. The summed E-state index contributed by atoms with van der Waals surface area (Å²) in [6.07, 6.45) is 3.42. The van der Waals surface area contributed by atoms with Gasteiger partial charge in [0.2, 0.25) is 0 Å². The molecular formula is C20H21ClN2O2S. The molecule has 136 valence electrons. The molecule has 0 spiro atoms. The first-order valence-electron chi connectivity index (χ1n) is 8.63. The van der Waals surface area contributed by atoms with Gasteiger partial charge in [-0.25, -0.2) is 4.98 Å². The lowest BCUT2D eigenvalue weighted by Crippen LogP contribution is -2.20. The van der Waals surface area contributed by atoms with Crippen LogP contribution in [0.4, 0.5) is 5.13 Å². The first-order valence-corrected chi connectivity index (χ1v) is 9.83. The molecule has 0 saturated carbocycles. The van der Waals surface area contributed by atoms with Crippen LogP contribution in [0.3, 0.4) is 0 Å². The van der Waals surface area contributed by atoms with Crippen molar-refractivity contribution >= 4 is 44.2 Å². The van der Waals surface area contributed by atoms with E-state index in [1.807, 2.05) is 19.1 Å². The van der Waals surface area contributed by atoms with Gasteiger partial charge in [-0.3, -0.25) is 10.1 Å². The zero-order chi connectivity index (χ0) is 18.5. The van der Waals surface area contributed by atoms with Gasteiger partial charge in [-0.05, 0) is 61.2 Å². The van der Waals surface area contributed by atoms with Crippen molar-refractivity contribution in [2.75, 3.05) is 11.9 Å². The van der Waals surface area contributed by atoms with E-state index >= 15 is 0 Å². The lowest BCUT2D eigenvalue weighted by atomic mass is 10.1. The largest absolute Gasteiger partial charge is 0.484 e. The predicted octanol–water partition coefficient (Wildman–Crippen LogP) is 5.62. The van der Waals surface area contributed by atoms with Gasteiger partial charge in [-0.2, -0.15) is 0 Å². The number of fused-ring (bicyclic) bond motifs is 1. The molecule has 1 amide bonds. The summed E-state index contributed by atoms with van der Waals surface area (Å²) in [5, 5.41) is 4.07. The minimum Gasteiger partial charge on any atom is -0.484 e. The Balaban J connectivity index is 1.60. The Bertz CT molecular complexity index is 923. The van der Waals surface area contributed by atoms with Gasteiger partial charge in [0.1, 0.15) is 5.75 Å². The standard InChI is InChI=1S/C20H21ClN2O2S/c1-3-4-5-14-6-9-17-18(11-14)26-20(22-17)23-19(24)12-25-15-7-8-16(21)13(2)10-15/h6-11H,3-5,12H2,1-2H3,(H,22,23,24). The second kappa shape index (κ2) is 8.52. The summed E-state index contributed by atoms with van der Waals surface area (Å²) in [4.78, 5) is 16.6. The molecular weight excluding hydrogens is 368 g/mol. The van der Waals surface area contributed by atoms with Crippen LogP contribution >= 0.6 is 22.9 Å². The molecule has 2 aromatic carbocycles. The molecule has 6 heteroatoms. The quantitative estimate of drug-likeness (QED) is 0.571. The number of hydrogen-bond acceptors (Lipinski definition) is 4. The second-order valence-electron chi connectivity index (χ2n) is 6.17. The van der Waals surface area contributed by atoms with Crippen LogP contribution in [0, 0.1) is 6.92 Å². The highest BCUT2D eigenvalue weighted by molar-refractivity contribution is 7.22. The zero-order valence-electron chi connectivity index (χ0n) is 14.8. The summed E-state index contributed by atoms with van der Waals surface area (Å²) in [5.41, 5.74) is 3.12. The zero-order valence-corrected chi connectivity index (χ0v) is 16.4. The lowest BCUT2D eigenvalue weighted by Gasteiger charge is -2.07. The van der Waals surface area contributed by atoms with E-state index in [2.05, 4.69) is 29.4 Å². The number of nitrogens with zero attached hydrogens (tertiary/aromatic N) is 1. The van der Waals surface area contributed by atoms with Crippen molar-refractivity contribution in [3.05, 3.63) is 52.5 Å². The number of thiazole rings is 1. The predicted molar refractivity (Wildman–Crippen MR) is 109 cm³/mol. The number of hydrogen-bond donors (Lipinski definition) is 1. The number of carbonyl (C=O) groups is 1. The molecule has 1 N–H and O–H groups in total. The van der Waals surface area contributed by atoms with E-state index in [-0.39, 0.29) is 12.5 Å². The maximum Gasteiger partial charge on any atom is 0.264 e. The maximum absolute atomic E-state index is 12.1. The molecule has 0 saturated heterocycles. The Morgan fingerprint density at radius 1 is 1.27 bits per heavy atom. The van der Waals surface area contributed by atoms with E-state index in [0.717, 1.165) is 22.2 Å². The smallest absolute Gasteiger partial charge is 0.264 e. The third kappa shape index (κ3) is 4.74. The minimum atomic E-state index is -0.233. The van der Waals surface area contributed by atoms with Crippen LogP contribution in [0.25, 0.3) is 10.2 Å². The van der Waals surface area contributed by atoms with Crippen LogP contribution in [-0.4, -0.2) is 17.5 Å². The molecule has 0 unspecified atom stereocenters. The van der Waals surface area contributed by atoms with Crippen molar-refractivity contribution in [2.45, 2.75) is 33.1 Å². The minimum absolute atomic E-state index is 0.0707. The lowest BCUT2D eigenvalue weighted by molar-refractivity contribution is -0.118. The number of halogens is 1. The van der Waals surface area contributed by atoms with Crippen molar-refractivity contribution in [1.29, 1.82) is 0 Å². The average molecular weight is 389 g/mol. The highest BCUT2D eigenvalue weighted by Crippen LogP contribution is 2.27. The van der Waals surface area contributed by atoms with E-state index in [1.54, 1.807) is 12.1 Å². The fraction of sp³-hybridized carbons (Fsp3) is 0.300. The van der Waals surface area contributed by atoms with Crippen LogP contribution in [0.5, 0.6) is 5.75 Å². The SMILES string of the molecule is CCCCc1ccc2nc(NC(=O)COc3ccc(Cl)c(C)c3)sc2c1. The summed E-state index contributed by atoms with van der Waals surface area (Å²) in [5.74, 6) is 0.384. The van der Waals surface area contributed by atoms with Crippen molar-refractivity contribution in [3.63, 3.8) is 0 Å². The number of unbranched alkanes of at least 4 members (excludes halogenated alkanes) is 1. The van der Waals surface area contributed by atoms with E-state index in [9.17, 15) is 4.79 Å². The normalized spacial score (nSPS) is 10.9. The molecule has 0 atom stereocenters. The molecule has 0 radical (unpaired) electrons. The molecule has 0 aliphatic carbocycles. The third-order valence-corrected chi connectivity index (χ3v) is 5.38. The Kier molecular flexibility index (Phi) is 6.12. The first-order chi connectivity index (χ1) is 12.5. The fourth-order valence-corrected chi connectivity index (χ4v) is 3.63. The summed E-state index contributed by atoms with van der Waals surface area (Å²) in [7, 11) is 0. The monoisotopic (exact) mass is 388 g/mol. The molecule has 3 aromatic rings. The molecule has 0 bridgehead atoms. The van der Waals surface area contributed by atoms with Crippen LogP contribution < -0.4 is 10.1 Å². The van der Waals surface area contributed by atoms with Crippen LogP contribution in [0.2, 0.25) is 5.02 Å². The van der Waals surface area contributed by atoms with E-state index < -0.39 is 0 Å². The van der Waals surface area contributed by atoms with Crippen LogP contribution in [0.15, 0.2) is 36.4 Å². The Morgan fingerprint density at radius 2 is 2.12 bits per heavy atom. The number of carbonyl (C=O) groups excluding carboxylic acids is 1. The fourth-order valence-electron chi connectivity index (χ4n) is 2.57. The van der Waals surface area contributed by atoms with E-state index in [0.29, 0.717) is 15.9 Å². The number of benzene rings is 2. The number of aromatic nitrogens is 1. The molecule has 1 heterocycles. The summed E-state index contributed by atoms with van der Waals surface area (Å²) in [6.45, 7) is 4.01. The van der Waals surface area contributed by atoms with Crippen molar-refractivity contribution in [3.8, 4) is 5.75 Å². The van der Waals surface area contributed by atoms with Gasteiger partial charge in [-0.15, -0.1) is 0 Å². The molecule has 4 nitrogen and oxygen atoms in total. The summed E-state index contributed by atoms with van der Waals surface area (Å²) >= 11 is 7.47. The highest BCUT2D eigenvalue weighted by Gasteiger charge is 2.09. The topological polar surface area (TPSA) is 51.2 Å². The Hall–Kier alpha value is -2.11. The molecule has 0 aliphatic heterocycles. The highest BCUT2D eigenvalue weighted by atomic mass is 35.5. The first kappa shape index (κ1) is 18.7. The number of aryl methyl sites for hydroxylation is 2. The molecule has 0 fully saturated rings. The molecule has 1 aromatic heterocycles. The second-order valence-corrected chi connectivity index (χ2v) is 7.61. The van der Waals surface area contributed by atoms with Crippen molar-refractivity contribution in [2.24, 2.45) is 0 Å². The van der Waals surface area contributed by atoms with Crippen LogP contribution in [-0.2, 0) is 11.2 Å². The van der Waals surface area contributed by atoms with E-state index in [1.165, 1.54) is 29.7 Å². The molecule has 3 rings (SSSR count). The maximum atomic E-state index is 12.1. The number of rotatable bonds is 7. The van der Waals surface area contributed by atoms with Gasteiger partial charge in [0.05, 0.1) is 10.2 Å². The Morgan fingerprint density at radius 3 is 2.88 bits per heavy atom. The number of amides is 1. The number of anilines is 1. The van der Waals surface area contributed by atoms with Gasteiger partial charge in [0.15, 0.2) is 11.7 Å². The van der Waals surface area contributed by atoms with Crippen molar-refractivity contribution < 1.29 is 9.53 Å². The van der Waals surface area contributed by atoms with E-state index in [4.69, 9.17) is 16.3 Å². The summed E-state index contributed by atoms with van der Waals surface area (Å²) < 4.78 is 6.61. The van der Waals surface area contributed by atoms with Crippen LogP contribution in [0.1, 0.15) is 30.9 Å². The van der Waals surface area contributed by atoms with Gasteiger partial charge >= 0.3 is 0 Å². The average Bonchev–Trinajstić information content (AvgIpc) is 3.02. The molecule has 26 heavy (non-hydrogen) atoms. The van der Waals surface area contributed by atoms with Gasteiger partial charge in [-0.1, -0.05) is 42.3 Å². The summed E-state index contributed by atoms with van der Waals surface area (Å²) in [6, 6.07) is 11.6. The van der Waals surface area contributed by atoms with Crippen molar-refractivity contribution in [1.82, 2.24) is 4.98 Å². The van der Waals surface area contributed by atoms with Gasteiger partial charge in [0.25, 0.3) is 5.91 Å². The Labute approximate surface area is 162 Å². The van der Waals surface area contributed by atoms with Gasteiger partial charge < -0.3 is 4.74 Å². The number of nitrogens with one attached hydrogen (secondary N) is 1. The number of ether oxygens (including phenoxy) is 1. The molecule has 0 aliphatic rings.